The van der Waals surface area contributed by atoms with Crippen LogP contribution >= 0.6 is 69.6 Å². The first-order chi connectivity index (χ1) is 8.84. The topological polar surface area (TPSA) is 0 Å². The summed E-state index contributed by atoms with van der Waals surface area (Å²) in [5.41, 5.74) is 2.15. The summed E-state index contributed by atoms with van der Waals surface area (Å²) in [6, 6.07) is 5.50. The predicted molar refractivity (Wildman–Crippen MR) is 86.7 cm³/mol. The Balaban J connectivity index is 2.87. The Hall–Kier alpha value is 0.180. The molecule has 2 aromatic carbocycles. The standard InChI is InChI=1S/C13H6Cl6/c1-5-2-3-7(14)6(4-5)8-9(15)11(17)13(19)12(18)10(8)16/h2-4H,1H3. The van der Waals surface area contributed by atoms with Gasteiger partial charge in [-0.3, -0.25) is 0 Å². The molecule has 0 aliphatic carbocycles. The number of aryl methyl sites for hydroxylation is 1. The molecular formula is C13H6Cl6. The minimum Gasteiger partial charge on any atom is -0.0837 e. The van der Waals surface area contributed by atoms with Gasteiger partial charge in [0, 0.05) is 16.1 Å². The maximum Gasteiger partial charge on any atom is 0.0809 e. The Morgan fingerprint density at radius 1 is 0.684 bits per heavy atom. The molecule has 0 aliphatic heterocycles. The van der Waals surface area contributed by atoms with Crippen LogP contribution in [0.4, 0.5) is 0 Å². The molecule has 0 aliphatic rings. The fourth-order valence-electron chi connectivity index (χ4n) is 1.67. The van der Waals surface area contributed by atoms with Gasteiger partial charge >= 0.3 is 0 Å². The van der Waals surface area contributed by atoms with Crippen molar-refractivity contribution in [3.05, 3.63) is 53.9 Å². The van der Waals surface area contributed by atoms with Gasteiger partial charge in [-0.15, -0.1) is 0 Å². The van der Waals surface area contributed by atoms with Crippen molar-refractivity contribution in [1.29, 1.82) is 0 Å². The van der Waals surface area contributed by atoms with Gasteiger partial charge in [-0.2, -0.15) is 0 Å². The van der Waals surface area contributed by atoms with Gasteiger partial charge in [0.2, 0.25) is 0 Å². The third kappa shape index (κ3) is 2.81. The quantitative estimate of drug-likeness (QED) is 0.356. The molecule has 100 valence electrons. The molecule has 0 fully saturated rings. The van der Waals surface area contributed by atoms with Crippen LogP contribution in [0.2, 0.25) is 30.1 Å². The van der Waals surface area contributed by atoms with Crippen LogP contribution in [-0.4, -0.2) is 0 Å². The molecule has 0 saturated heterocycles. The van der Waals surface area contributed by atoms with Crippen LogP contribution in [0.1, 0.15) is 5.56 Å². The van der Waals surface area contributed by atoms with Gasteiger partial charge < -0.3 is 0 Å². The van der Waals surface area contributed by atoms with Gasteiger partial charge in [0.05, 0.1) is 25.1 Å². The summed E-state index contributed by atoms with van der Waals surface area (Å²) in [5, 5.41) is 1.41. The molecule has 6 heteroatoms. The van der Waals surface area contributed by atoms with E-state index < -0.39 is 0 Å². The average molecular weight is 375 g/mol. The smallest absolute Gasteiger partial charge is 0.0809 e. The lowest BCUT2D eigenvalue weighted by Gasteiger charge is -2.14. The third-order valence-electron chi connectivity index (χ3n) is 2.60. The highest BCUT2D eigenvalue weighted by Crippen LogP contribution is 2.49. The summed E-state index contributed by atoms with van der Waals surface area (Å²) in [6.45, 7) is 1.93. The Bertz CT molecular complexity index is 634. The fraction of sp³-hybridized carbons (Fsp3) is 0.0769. The van der Waals surface area contributed by atoms with Crippen molar-refractivity contribution in [3.63, 3.8) is 0 Å². The molecule has 0 spiro atoms. The van der Waals surface area contributed by atoms with Crippen molar-refractivity contribution in [1.82, 2.24) is 0 Å². The molecule has 0 radical (unpaired) electrons. The number of hydrogen-bond acceptors (Lipinski definition) is 0. The summed E-state index contributed by atoms with van der Waals surface area (Å²) in [5.74, 6) is 0. The Morgan fingerprint density at radius 3 is 1.68 bits per heavy atom. The fourth-order valence-corrected chi connectivity index (χ4v) is 3.23. The largest absolute Gasteiger partial charge is 0.0837 e. The van der Waals surface area contributed by atoms with Crippen molar-refractivity contribution >= 4 is 69.6 Å². The molecule has 0 amide bonds. The summed E-state index contributed by atoms with van der Waals surface area (Å²) < 4.78 is 0. The molecule has 19 heavy (non-hydrogen) atoms. The lowest BCUT2D eigenvalue weighted by atomic mass is 10.0. The van der Waals surface area contributed by atoms with E-state index in [4.69, 9.17) is 69.6 Å². The molecule has 0 bridgehead atoms. The lowest BCUT2D eigenvalue weighted by molar-refractivity contribution is 1.47. The molecule has 0 saturated carbocycles. The van der Waals surface area contributed by atoms with Crippen molar-refractivity contribution in [2.45, 2.75) is 6.92 Å². The maximum atomic E-state index is 6.22. The highest BCUT2D eigenvalue weighted by molar-refractivity contribution is 6.56. The van der Waals surface area contributed by atoms with Crippen LogP contribution in [0.25, 0.3) is 11.1 Å². The van der Waals surface area contributed by atoms with Gasteiger partial charge in [0.25, 0.3) is 0 Å². The number of halogens is 6. The lowest BCUT2D eigenvalue weighted by Crippen LogP contribution is -1.88. The van der Waals surface area contributed by atoms with Crippen LogP contribution in [0, 0.1) is 6.92 Å². The first kappa shape index (κ1) is 15.6. The van der Waals surface area contributed by atoms with E-state index in [0.29, 0.717) is 16.1 Å². The van der Waals surface area contributed by atoms with Gasteiger partial charge in [-0.1, -0.05) is 81.2 Å². The average Bonchev–Trinajstić information content (AvgIpc) is 2.38. The van der Waals surface area contributed by atoms with E-state index in [1.165, 1.54) is 0 Å². The van der Waals surface area contributed by atoms with Gasteiger partial charge in [0.1, 0.15) is 0 Å². The second-order valence-corrected chi connectivity index (χ2v) is 6.23. The normalized spacial score (nSPS) is 10.9. The minimum atomic E-state index is 0.130. The predicted octanol–water partition coefficient (Wildman–Crippen LogP) is 7.58. The van der Waals surface area contributed by atoms with E-state index >= 15 is 0 Å². The summed E-state index contributed by atoms with van der Waals surface area (Å²) in [7, 11) is 0. The Kier molecular flexibility index (Phi) is 4.83. The molecule has 0 heterocycles. The molecule has 0 atom stereocenters. The Labute approximate surface area is 141 Å². The summed E-state index contributed by atoms with van der Waals surface area (Å²) in [6.07, 6.45) is 0. The second-order valence-electron chi connectivity index (χ2n) is 3.93. The van der Waals surface area contributed by atoms with E-state index in [-0.39, 0.29) is 25.1 Å². The monoisotopic (exact) mass is 372 g/mol. The molecule has 2 rings (SSSR count). The van der Waals surface area contributed by atoms with Gasteiger partial charge in [-0.05, 0) is 19.1 Å². The zero-order chi connectivity index (χ0) is 14.3. The van der Waals surface area contributed by atoms with E-state index in [0.717, 1.165) is 5.56 Å². The van der Waals surface area contributed by atoms with E-state index in [9.17, 15) is 0 Å². The van der Waals surface area contributed by atoms with Gasteiger partial charge in [0.15, 0.2) is 0 Å². The zero-order valence-corrected chi connectivity index (χ0v) is 14.0. The maximum absolute atomic E-state index is 6.22. The Morgan fingerprint density at radius 2 is 1.16 bits per heavy atom. The SMILES string of the molecule is Cc1ccc(Cl)c(-c2c(Cl)c(Cl)c(Cl)c(Cl)c2Cl)c1. The van der Waals surface area contributed by atoms with Crippen LogP contribution < -0.4 is 0 Å². The van der Waals surface area contributed by atoms with Crippen LogP contribution in [0.15, 0.2) is 18.2 Å². The first-order valence-electron chi connectivity index (χ1n) is 5.12. The first-order valence-corrected chi connectivity index (χ1v) is 7.39. The van der Waals surface area contributed by atoms with Gasteiger partial charge in [-0.25, -0.2) is 0 Å². The molecular weight excluding hydrogens is 369 g/mol. The second kappa shape index (κ2) is 5.89. The van der Waals surface area contributed by atoms with Crippen molar-refractivity contribution in [2.75, 3.05) is 0 Å². The van der Waals surface area contributed by atoms with E-state index in [2.05, 4.69) is 0 Å². The number of rotatable bonds is 1. The molecule has 0 nitrogen and oxygen atoms in total. The zero-order valence-electron chi connectivity index (χ0n) is 9.50. The minimum absolute atomic E-state index is 0.130. The summed E-state index contributed by atoms with van der Waals surface area (Å²) in [4.78, 5) is 0. The van der Waals surface area contributed by atoms with Crippen LogP contribution in [0.5, 0.6) is 0 Å². The highest BCUT2D eigenvalue weighted by Gasteiger charge is 2.21. The summed E-state index contributed by atoms with van der Waals surface area (Å²) >= 11 is 36.7. The molecule has 2 aromatic rings. The van der Waals surface area contributed by atoms with Crippen molar-refractivity contribution in [3.8, 4) is 11.1 Å². The molecule has 0 aromatic heterocycles. The number of hydrogen-bond donors (Lipinski definition) is 0. The van der Waals surface area contributed by atoms with E-state index in [1.54, 1.807) is 6.07 Å². The highest BCUT2D eigenvalue weighted by atomic mass is 35.5. The molecule has 0 unspecified atom stereocenters. The van der Waals surface area contributed by atoms with E-state index in [1.807, 2.05) is 19.1 Å². The number of benzene rings is 2. The van der Waals surface area contributed by atoms with Crippen LogP contribution in [-0.2, 0) is 0 Å². The van der Waals surface area contributed by atoms with Crippen LogP contribution in [0.3, 0.4) is 0 Å². The van der Waals surface area contributed by atoms with Crippen molar-refractivity contribution < 1.29 is 0 Å². The van der Waals surface area contributed by atoms with Crippen molar-refractivity contribution in [2.24, 2.45) is 0 Å². The third-order valence-corrected chi connectivity index (χ3v) is 5.21. The molecule has 0 N–H and O–H groups in total.